The van der Waals surface area contributed by atoms with E-state index in [1.807, 2.05) is 30.3 Å². The van der Waals surface area contributed by atoms with Crippen molar-refractivity contribution >= 4 is 0 Å². The molecular weight excluding hydrogens is 192 g/mol. The fourth-order valence-corrected chi connectivity index (χ4v) is 1.15. The van der Waals surface area contributed by atoms with E-state index >= 15 is 0 Å². The van der Waals surface area contributed by atoms with E-state index in [1.54, 1.807) is 0 Å². The Labute approximate surface area is 86.6 Å². The quantitative estimate of drug-likeness (QED) is 0.817. The molecule has 0 aliphatic carbocycles. The van der Waals surface area contributed by atoms with Crippen LogP contribution in [-0.2, 0) is 6.61 Å². The van der Waals surface area contributed by atoms with Crippen LogP contribution in [0, 0.1) is 0 Å². The van der Waals surface area contributed by atoms with Crippen molar-refractivity contribution in [1.82, 2.24) is 9.97 Å². The highest BCUT2D eigenvalue weighted by atomic mass is 16.5. The molecule has 15 heavy (non-hydrogen) atoms. The van der Waals surface area contributed by atoms with Gasteiger partial charge in [0.15, 0.2) is 0 Å². The minimum atomic E-state index is -0.215. The predicted molar refractivity (Wildman–Crippen MR) is 55.6 cm³/mol. The van der Waals surface area contributed by atoms with Gasteiger partial charge in [-0.25, -0.2) is 4.98 Å². The summed E-state index contributed by atoms with van der Waals surface area (Å²) in [6.07, 6.45) is 1.42. The highest BCUT2D eigenvalue weighted by molar-refractivity contribution is 5.14. The Hall–Kier alpha value is -2.10. The summed E-state index contributed by atoms with van der Waals surface area (Å²) in [5, 5.41) is 0. The third kappa shape index (κ3) is 2.67. The lowest BCUT2D eigenvalue weighted by atomic mass is 10.2. The summed E-state index contributed by atoms with van der Waals surface area (Å²) in [6, 6.07) is 11.3. The molecule has 0 spiro atoms. The molecule has 1 N–H and O–H groups in total. The topological polar surface area (TPSA) is 55.0 Å². The van der Waals surface area contributed by atoms with Gasteiger partial charge in [-0.05, 0) is 5.56 Å². The fourth-order valence-electron chi connectivity index (χ4n) is 1.15. The molecule has 0 aliphatic rings. The van der Waals surface area contributed by atoms with E-state index in [0.29, 0.717) is 6.61 Å². The Morgan fingerprint density at radius 3 is 2.73 bits per heavy atom. The molecule has 1 aromatic carbocycles. The first-order valence-corrected chi connectivity index (χ1v) is 4.56. The van der Waals surface area contributed by atoms with Crippen molar-refractivity contribution in [3.05, 3.63) is 58.5 Å². The molecule has 0 radical (unpaired) electrons. The van der Waals surface area contributed by atoms with Gasteiger partial charge in [0.2, 0.25) is 0 Å². The van der Waals surface area contributed by atoms with Crippen LogP contribution in [0.1, 0.15) is 5.56 Å². The van der Waals surface area contributed by atoms with Crippen molar-refractivity contribution in [3.8, 4) is 6.01 Å². The molecule has 2 rings (SSSR count). The minimum absolute atomic E-state index is 0.215. The lowest BCUT2D eigenvalue weighted by molar-refractivity contribution is 0.280. The van der Waals surface area contributed by atoms with E-state index < -0.39 is 0 Å². The Kier molecular flexibility index (Phi) is 2.78. The average molecular weight is 202 g/mol. The monoisotopic (exact) mass is 202 g/mol. The van der Waals surface area contributed by atoms with Crippen molar-refractivity contribution < 1.29 is 4.74 Å². The molecule has 0 unspecified atom stereocenters. The SMILES string of the molecule is O=c1ccnc(OCc2ccccc2)[nH]1. The summed E-state index contributed by atoms with van der Waals surface area (Å²) in [4.78, 5) is 17.3. The molecule has 4 heteroatoms. The number of nitrogens with one attached hydrogen (secondary N) is 1. The number of H-pyrrole nitrogens is 1. The molecule has 4 nitrogen and oxygen atoms in total. The Bertz CT molecular complexity index is 479. The van der Waals surface area contributed by atoms with Crippen molar-refractivity contribution in [2.24, 2.45) is 0 Å². The summed E-state index contributed by atoms with van der Waals surface area (Å²) >= 11 is 0. The van der Waals surface area contributed by atoms with Gasteiger partial charge < -0.3 is 4.74 Å². The van der Waals surface area contributed by atoms with Gasteiger partial charge in [-0.2, -0.15) is 0 Å². The summed E-state index contributed by atoms with van der Waals surface area (Å²) in [5.74, 6) is 0. The van der Waals surface area contributed by atoms with Gasteiger partial charge in [0.25, 0.3) is 11.6 Å². The molecule has 1 aromatic heterocycles. The zero-order valence-corrected chi connectivity index (χ0v) is 8.01. The third-order valence-corrected chi connectivity index (χ3v) is 1.87. The first kappa shape index (κ1) is 9.45. The maximum atomic E-state index is 10.9. The second-order valence-corrected chi connectivity index (χ2v) is 3.01. The molecule has 0 saturated carbocycles. The van der Waals surface area contributed by atoms with Gasteiger partial charge in [-0.3, -0.25) is 9.78 Å². The maximum absolute atomic E-state index is 10.9. The molecule has 0 saturated heterocycles. The van der Waals surface area contributed by atoms with Crippen LogP contribution in [0.25, 0.3) is 0 Å². The molecule has 76 valence electrons. The summed E-state index contributed by atoms with van der Waals surface area (Å²) in [5.41, 5.74) is 0.817. The number of rotatable bonds is 3. The normalized spacial score (nSPS) is 9.87. The van der Waals surface area contributed by atoms with Crippen LogP contribution in [0.15, 0.2) is 47.4 Å². The van der Waals surface area contributed by atoms with Crippen LogP contribution in [0.2, 0.25) is 0 Å². The standard InChI is InChI=1S/C11H10N2O2/c14-10-6-7-12-11(13-10)15-8-9-4-2-1-3-5-9/h1-7H,8H2,(H,12,13,14). The van der Waals surface area contributed by atoms with E-state index in [2.05, 4.69) is 9.97 Å². The third-order valence-electron chi connectivity index (χ3n) is 1.87. The highest BCUT2D eigenvalue weighted by Crippen LogP contribution is 2.03. The molecular formula is C11H10N2O2. The molecule has 1 heterocycles. The zero-order valence-electron chi connectivity index (χ0n) is 8.01. The highest BCUT2D eigenvalue weighted by Gasteiger charge is 1.96. The Morgan fingerprint density at radius 1 is 1.20 bits per heavy atom. The molecule has 0 fully saturated rings. The number of hydrogen-bond acceptors (Lipinski definition) is 3. The average Bonchev–Trinajstić information content (AvgIpc) is 2.28. The molecule has 0 amide bonds. The van der Waals surface area contributed by atoms with Gasteiger partial charge in [0, 0.05) is 12.3 Å². The zero-order chi connectivity index (χ0) is 10.5. The first-order valence-electron chi connectivity index (χ1n) is 4.56. The summed E-state index contributed by atoms with van der Waals surface area (Å²) in [6.45, 7) is 0.397. The predicted octanol–water partition coefficient (Wildman–Crippen LogP) is 1.35. The molecule has 0 aliphatic heterocycles. The first-order chi connectivity index (χ1) is 7.34. The van der Waals surface area contributed by atoms with Gasteiger partial charge in [-0.15, -0.1) is 0 Å². The maximum Gasteiger partial charge on any atom is 0.296 e. The molecule has 0 atom stereocenters. The van der Waals surface area contributed by atoms with Crippen molar-refractivity contribution in [2.45, 2.75) is 6.61 Å². The number of nitrogens with zero attached hydrogens (tertiary/aromatic N) is 1. The number of aromatic nitrogens is 2. The minimum Gasteiger partial charge on any atom is -0.460 e. The Balaban J connectivity index is 2.02. The van der Waals surface area contributed by atoms with E-state index in [9.17, 15) is 4.79 Å². The van der Waals surface area contributed by atoms with Crippen LogP contribution in [0.3, 0.4) is 0 Å². The number of ether oxygens (including phenoxy) is 1. The second kappa shape index (κ2) is 4.41. The largest absolute Gasteiger partial charge is 0.460 e. The van der Waals surface area contributed by atoms with Gasteiger partial charge in [-0.1, -0.05) is 30.3 Å². The number of hydrogen-bond donors (Lipinski definition) is 1. The van der Waals surface area contributed by atoms with Crippen molar-refractivity contribution in [3.63, 3.8) is 0 Å². The molecule has 2 aromatic rings. The van der Waals surface area contributed by atoms with Crippen molar-refractivity contribution in [1.29, 1.82) is 0 Å². The smallest absolute Gasteiger partial charge is 0.296 e. The van der Waals surface area contributed by atoms with E-state index in [4.69, 9.17) is 4.74 Å². The van der Waals surface area contributed by atoms with Crippen LogP contribution in [-0.4, -0.2) is 9.97 Å². The second-order valence-electron chi connectivity index (χ2n) is 3.01. The lowest BCUT2D eigenvalue weighted by Gasteiger charge is -2.03. The fraction of sp³-hybridized carbons (Fsp3) is 0.0909. The van der Waals surface area contributed by atoms with E-state index in [-0.39, 0.29) is 11.6 Å². The van der Waals surface area contributed by atoms with Gasteiger partial charge >= 0.3 is 0 Å². The van der Waals surface area contributed by atoms with Gasteiger partial charge in [0.05, 0.1) is 0 Å². The summed E-state index contributed by atoms with van der Waals surface area (Å²) < 4.78 is 5.31. The van der Waals surface area contributed by atoms with E-state index in [0.717, 1.165) is 5.56 Å². The van der Waals surface area contributed by atoms with Crippen LogP contribution < -0.4 is 10.3 Å². The van der Waals surface area contributed by atoms with E-state index in [1.165, 1.54) is 12.3 Å². The lowest BCUT2D eigenvalue weighted by Crippen LogP contribution is -2.08. The van der Waals surface area contributed by atoms with Gasteiger partial charge in [0.1, 0.15) is 6.61 Å². The Morgan fingerprint density at radius 2 is 2.00 bits per heavy atom. The summed E-state index contributed by atoms with van der Waals surface area (Å²) in [7, 11) is 0. The van der Waals surface area contributed by atoms with Crippen molar-refractivity contribution in [2.75, 3.05) is 0 Å². The molecule has 0 bridgehead atoms. The van der Waals surface area contributed by atoms with Crippen LogP contribution in [0.5, 0.6) is 6.01 Å². The number of benzene rings is 1. The number of aromatic amines is 1. The van der Waals surface area contributed by atoms with Crippen LogP contribution in [0.4, 0.5) is 0 Å². The van der Waals surface area contributed by atoms with Crippen LogP contribution >= 0.6 is 0 Å².